The zero-order valence-electron chi connectivity index (χ0n) is 9.08. The van der Waals surface area contributed by atoms with Crippen molar-refractivity contribution < 1.29 is 0 Å². The molecule has 17 heavy (non-hydrogen) atoms. The van der Waals surface area contributed by atoms with Gasteiger partial charge in [-0.05, 0) is 68.4 Å². The summed E-state index contributed by atoms with van der Waals surface area (Å²) < 4.78 is 1.88. The van der Waals surface area contributed by atoms with Crippen molar-refractivity contribution in [2.75, 3.05) is 11.6 Å². The van der Waals surface area contributed by atoms with E-state index in [1.54, 1.807) is 18.0 Å². The Bertz CT molecular complexity index is 514. The summed E-state index contributed by atoms with van der Waals surface area (Å²) in [5, 5.41) is 3.26. The standard InChI is InChI=1S/C12H10Br2N2S/c1-17-10-4-2-9(3-5-10)16-12-11(14)6-8(13)7-15-12/h2-7H,1H3,(H,15,16). The SMILES string of the molecule is CSc1ccc(Nc2ncc(Br)cc2Br)cc1. The first kappa shape index (κ1) is 12.9. The fraction of sp³-hybridized carbons (Fsp3) is 0.0833. The van der Waals surface area contributed by atoms with Gasteiger partial charge in [0, 0.05) is 21.3 Å². The third-order valence-corrected chi connectivity index (χ3v) is 3.94. The molecule has 1 heterocycles. The van der Waals surface area contributed by atoms with E-state index < -0.39 is 0 Å². The Morgan fingerprint density at radius 3 is 2.47 bits per heavy atom. The van der Waals surface area contributed by atoms with Gasteiger partial charge < -0.3 is 5.32 Å². The first-order chi connectivity index (χ1) is 8.19. The summed E-state index contributed by atoms with van der Waals surface area (Å²) in [7, 11) is 0. The average molecular weight is 374 g/mol. The molecule has 0 amide bonds. The molecule has 1 aromatic carbocycles. The van der Waals surface area contributed by atoms with Crippen LogP contribution in [0, 0.1) is 0 Å². The molecule has 0 unspecified atom stereocenters. The van der Waals surface area contributed by atoms with Crippen LogP contribution in [0.5, 0.6) is 0 Å². The minimum absolute atomic E-state index is 0.810. The van der Waals surface area contributed by atoms with Crippen LogP contribution in [0.3, 0.4) is 0 Å². The fourth-order valence-corrected chi connectivity index (χ4v) is 2.81. The molecule has 0 aliphatic rings. The van der Waals surface area contributed by atoms with Crippen LogP contribution in [0.1, 0.15) is 0 Å². The largest absolute Gasteiger partial charge is 0.339 e. The Kier molecular flexibility index (Phi) is 4.48. The van der Waals surface area contributed by atoms with Crippen molar-refractivity contribution in [1.82, 2.24) is 4.98 Å². The molecule has 0 saturated heterocycles. The molecule has 1 aromatic heterocycles. The smallest absolute Gasteiger partial charge is 0.144 e. The van der Waals surface area contributed by atoms with Crippen molar-refractivity contribution in [3.63, 3.8) is 0 Å². The topological polar surface area (TPSA) is 24.9 Å². The molecule has 0 aliphatic carbocycles. The molecule has 5 heteroatoms. The number of benzene rings is 1. The molecule has 0 atom stereocenters. The lowest BCUT2D eigenvalue weighted by atomic mass is 10.3. The molecule has 0 spiro atoms. The molecule has 2 nitrogen and oxygen atoms in total. The first-order valence-electron chi connectivity index (χ1n) is 4.91. The lowest BCUT2D eigenvalue weighted by Gasteiger charge is -2.08. The zero-order valence-corrected chi connectivity index (χ0v) is 13.1. The maximum Gasteiger partial charge on any atom is 0.144 e. The number of nitrogens with one attached hydrogen (secondary N) is 1. The molecule has 0 fully saturated rings. The quantitative estimate of drug-likeness (QED) is 0.760. The summed E-state index contributed by atoms with van der Waals surface area (Å²) >= 11 is 8.58. The van der Waals surface area contributed by atoms with Gasteiger partial charge >= 0.3 is 0 Å². The van der Waals surface area contributed by atoms with E-state index in [1.807, 2.05) is 18.2 Å². The minimum Gasteiger partial charge on any atom is -0.339 e. The summed E-state index contributed by atoms with van der Waals surface area (Å²) in [5.74, 6) is 0.810. The Morgan fingerprint density at radius 1 is 1.18 bits per heavy atom. The van der Waals surface area contributed by atoms with Crippen LogP contribution in [0.4, 0.5) is 11.5 Å². The summed E-state index contributed by atoms with van der Waals surface area (Å²) in [6.07, 6.45) is 3.83. The monoisotopic (exact) mass is 372 g/mol. The summed E-state index contributed by atoms with van der Waals surface area (Å²) in [4.78, 5) is 5.55. The van der Waals surface area contributed by atoms with Crippen LogP contribution in [0.25, 0.3) is 0 Å². The summed E-state index contributed by atoms with van der Waals surface area (Å²) in [6, 6.07) is 10.2. The normalized spacial score (nSPS) is 10.3. The molecule has 0 saturated carbocycles. The fourth-order valence-electron chi connectivity index (χ4n) is 1.32. The van der Waals surface area contributed by atoms with Crippen LogP contribution in [-0.2, 0) is 0 Å². The van der Waals surface area contributed by atoms with Gasteiger partial charge in [-0.1, -0.05) is 0 Å². The van der Waals surface area contributed by atoms with E-state index in [1.165, 1.54) is 4.90 Å². The van der Waals surface area contributed by atoms with Gasteiger partial charge in [0.1, 0.15) is 5.82 Å². The predicted octanol–water partition coefficient (Wildman–Crippen LogP) is 5.07. The van der Waals surface area contributed by atoms with Gasteiger partial charge in [0.2, 0.25) is 0 Å². The van der Waals surface area contributed by atoms with Gasteiger partial charge in [-0.2, -0.15) is 0 Å². The highest BCUT2D eigenvalue weighted by Gasteiger charge is 2.02. The van der Waals surface area contributed by atoms with Gasteiger partial charge in [0.25, 0.3) is 0 Å². The summed E-state index contributed by atoms with van der Waals surface area (Å²) in [6.45, 7) is 0. The molecular weight excluding hydrogens is 364 g/mol. The van der Waals surface area contributed by atoms with E-state index in [4.69, 9.17) is 0 Å². The lowest BCUT2D eigenvalue weighted by molar-refractivity contribution is 1.27. The second kappa shape index (κ2) is 5.89. The number of pyridine rings is 1. The highest BCUT2D eigenvalue weighted by atomic mass is 79.9. The highest BCUT2D eigenvalue weighted by molar-refractivity contribution is 9.11. The zero-order chi connectivity index (χ0) is 12.3. The Labute approximate surface area is 121 Å². The molecule has 2 rings (SSSR count). The van der Waals surface area contributed by atoms with Gasteiger partial charge in [-0.15, -0.1) is 11.8 Å². The van der Waals surface area contributed by atoms with Crippen LogP contribution in [-0.4, -0.2) is 11.2 Å². The average Bonchev–Trinajstić information content (AvgIpc) is 2.34. The number of halogens is 2. The lowest BCUT2D eigenvalue weighted by Crippen LogP contribution is -1.94. The number of hydrogen-bond donors (Lipinski definition) is 1. The Balaban J connectivity index is 2.19. The predicted molar refractivity (Wildman–Crippen MR) is 81.1 cm³/mol. The first-order valence-corrected chi connectivity index (χ1v) is 7.72. The van der Waals surface area contributed by atoms with E-state index in [2.05, 4.69) is 60.5 Å². The number of aromatic nitrogens is 1. The number of hydrogen-bond acceptors (Lipinski definition) is 3. The van der Waals surface area contributed by atoms with Crippen LogP contribution in [0.2, 0.25) is 0 Å². The Morgan fingerprint density at radius 2 is 1.88 bits per heavy atom. The van der Waals surface area contributed by atoms with Crippen molar-refractivity contribution in [3.05, 3.63) is 45.5 Å². The third-order valence-electron chi connectivity index (χ3n) is 2.16. The van der Waals surface area contributed by atoms with Gasteiger partial charge in [0.15, 0.2) is 0 Å². The van der Waals surface area contributed by atoms with Crippen molar-refractivity contribution in [3.8, 4) is 0 Å². The van der Waals surface area contributed by atoms with Gasteiger partial charge in [-0.25, -0.2) is 4.98 Å². The van der Waals surface area contributed by atoms with Gasteiger partial charge in [-0.3, -0.25) is 0 Å². The van der Waals surface area contributed by atoms with E-state index in [-0.39, 0.29) is 0 Å². The molecule has 0 aliphatic heterocycles. The third kappa shape index (κ3) is 3.47. The van der Waals surface area contributed by atoms with Crippen LogP contribution in [0.15, 0.2) is 50.4 Å². The van der Waals surface area contributed by atoms with Crippen molar-refractivity contribution in [2.45, 2.75) is 4.90 Å². The number of thioether (sulfide) groups is 1. The van der Waals surface area contributed by atoms with Crippen LogP contribution >= 0.6 is 43.6 Å². The van der Waals surface area contributed by atoms with E-state index in [9.17, 15) is 0 Å². The maximum atomic E-state index is 4.31. The molecule has 2 aromatic rings. The number of rotatable bonds is 3. The molecule has 88 valence electrons. The van der Waals surface area contributed by atoms with E-state index in [0.29, 0.717) is 0 Å². The maximum absolute atomic E-state index is 4.31. The molecule has 0 radical (unpaired) electrons. The van der Waals surface area contributed by atoms with Crippen LogP contribution < -0.4 is 5.32 Å². The molecular formula is C12H10Br2N2S. The number of nitrogens with zero attached hydrogens (tertiary/aromatic N) is 1. The molecule has 1 N–H and O–H groups in total. The van der Waals surface area contributed by atoms with Crippen molar-refractivity contribution >= 4 is 55.1 Å². The van der Waals surface area contributed by atoms with Crippen molar-refractivity contribution in [2.24, 2.45) is 0 Å². The minimum atomic E-state index is 0.810. The van der Waals surface area contributed by atoms with Crippen molar-refractivity contribution in [1.29, 1.82) is 0 Å². The van der Waals surface area contributed by atoms with E-state index >= 15 is 0 Å². The van der Waals surface area contributed by atoms with Gasteiger partial charge in [0.05, 0.1) is 4.47 Å². The number of anilines is 2. The summed E-state index contributed by atoms with van der Waals surface area (Å²) in [5.41, 5.74) is 1.03. The molecule has 0 bridgehead atoms. The second-order valence-corrected chi connectivity index (χ2v) is 5.99. The van der Waals surface area contributed by atoms with E-state index in [0.717, 1.165) is 20.5 Å². The highest BCUT2D eigenvalue weighted by Crippen LogP contribution is 2.27. The second-order valence-electron chi connectivity index (χ2n) is 3.34. The Hall–Kier alpha value is -0.520.